The van der Waals surface area contributed by atoms with E-state index in [1.54, 1.807) is 43.8 Å². The van der Waals surface area contributed by atoms with E-state index in [1.807, 2.05) is 6.07 Å². The van der Waals surface area contributed by atoms with Crippen molar-refractivity contribution in [3.8, 4) is 0 Å². The largest absolute Gasteiger partial charge is 0.326 e. The molecule has 2 rings (SSSR count). The van der Waals surface area contributed by atoms with Crippen LogP contribution in [-0.4, -0.2) is 18.2 Å². The van der Waals surface area contributed by atoms with Crippen LogP contribution in [0.3, 0.4) is 0 Å². The molecule has 108 valence electrons. The molecule has 0 fully saturated rings. The van der Waals surface area contributed by atoms with Gasteiger partial charge in [0.1, 0.15) is 4.90 Å². The highest BCUT2D eigenvalue weighted by atomic mass is 32.2. The Morgan fingerprint density at radius 2 is 1.95 bits per heavy atom. The minimum Gasteiger partial charge on any atom is -0.326 e. The van der Waals surface area contributed by atoms with E-state index in [0.717, 1.165) is 5.56 Å². The maximum Gasteiger partial charge on any atom is 0.265 e. The Labute approximate surface area is 118 Å². The fourth-order valence-corrected chi connectivity index (χ4v) is 3.68. The van der Waals surface area contributed by atoms with Crippen molar-refractivity contribution in [2.24, 2.45) is 12.8 Å². The number of nitrogens with zero attached hydrogens (tertiary/aromatic N) is 2. The third-order valence-electron chi connectivity index (χ3n) is 3.19. The zero-order chi connectivity index (χ0) is 14.9. The molecule has 0 saturated heterocycles. The van der Waals surface area contributed by atoms with Crippen LogP contribution in [0.15, 0.2) is 29.2 Å². The van der Waals surface area contributed by atoms with Crippen LogP contribution >= 0.6 is 0 Å². The highest BCUT2D eigenvalue weighted by Gasteiger charge is 2.24. The van der Waals surface area contributed by atoms with Gasteiger partial charge in [0.2, 0.25) is 0 Å². The van der Waals surface area contributed by atoms with Crippen LogP contribution in [0.4, 0.5) is 5.69 Å². The lowest BCUT2D eigenvalue weighted by Gasteiger charge is -2.11. The molecule has 1 heterocycles. The van der Waals surface area contributed by atoms with E-state index in [-0.39, 0.29) is 11.4 Å². The second kappa shape index (κ2) is 5.26. The maximum absolute atomic E-state index is 12.5. The normalized spacial score (nSPS) is 11.6. The number of aryl methyl sites for hydroxylation is 2. The van der Waals surface area contributed by atoms with Crippen LogP contribution in [0.2, 0.25) is 0 Å². The molecule has 0 aliphatic rings. The third-order valence-corrected chi connectivity index (χ3v) is 4.81. The van der Waals surface area contributed by atoms with Crippen molar-refractivity contribution < 1.29 is 8.42 Å². The van der Waals surface area contributed by atoms with Crippen LogP contribution in [-0.2, 0) is 23.6 Å². The fraction of sp³-hybridized carbons (Fsp3) is 0.308. The summed E-state index contributed by atoms with van der Waals surface area (Å²) < 4.78 is 29.2. The number of nitrogens with one attached hydrogen (secondary N) is 1. The van der Waals surface area contributed by atoms with Gasteiger partial charge in [0.25, 0.3) is 10.0 Å². The van der Waals surface area contributed by atoms with Gasteiger partial charge in [-0.2, -0.15) is 5.10 Å². The van der Waals surface area contributed by atoms with Gasteiger partial charge in [0, 0.05) is 13.6 Å². The summed E-state index contributed by atoms with van der Waals surface area (Å²) >= 11 is 0. The van der Waals surface area contributed by atoms with Crippen LogP contribution in [0.1, 0.15) is 17.0 Å². The monoisotopic (exact) mass is 294 g/mol. The van der Waals surface area contributed by atoms with Gasteiger partial charge in [0.05, 0.1) is 17.1 Å². The molecule has 0 aliphatic carbocycles. The Balaban J connectivity index is 2.46. The van der Waals surface area contributed by atoms with Gasteiger partial charge in [0.15, 0.2) is 0 Å². The lowest BCUT2D eigenvalue weighted by atomic mass is 10.2. The van der Waals surface area contributed by atoms with E-state index < -0.39 is 10.0 Å². The molecule has 7 heteroatoms. The molecule has 0 unspecified atom stereocenters. The quantitative estimate of drug-likeness (QED) is 0.889. The average Bonchev–Trinajstić information content (AvgIpc) is 2.63. The van der Waals surface area contributed by atoms with E-state index >= 15 is 0 Å². The summed E-state index contributed by atoms with van der Waals surface area (Å²) in [7, 11) is -1.96. The van der Waals surface area contributed by atoms with E-state index in [2.05, 4.69) is 9.82 Å². The minimum atomic E-state index is -3.68. The predicted molar refractivity (Wildman–Crippen MR) is 77.8 cm³/mol. The summed E-state index contributed by atoms with van der Waals surface area (Å²) in [4.78, 5) is 0.215. The molecule has 0 spiro atoms. The SMILES string of the molecule is Cc1nn(C)c(C)c1S(=O)(=O)Nc1ccccc1CN. The number of nitrogens with two attached hydrogens (primary N) is 1. The number of sulfonamides is 1. The van der Waals surface area contributed by atoms with Gasteiger partial charge < -0.3 is 5.73 Å². The van der Waals surface area contributed by atoms with Crippen molar-refractivity contribution in [3.63, 3.8) is 0 Å². The summed E-state index contributed by atoms with van der Waals surface area (Å²) in [5, 5.41) is 4.13. The zero-order valence-corrected chi connectivity index (χ0v) is 12.5. The first-order chi connectivity index (χ1) is 9.36. The summed E-state index contributed by atoms with van der Waals surface area (Å²) in [6.07, 6.45) is 0. The fourth-order valence-electron chi connectivity index (χ4n) is 2.14. The number of hydrogen-bond acceptors (Lipinski definition) is 4. The van der Waals surface area contributed by atoms with Crippen molar-refractivity contribution in [3.05, 3.63) is 41.2 Å². The summed E-state index contributed by atoms with van der Waals surface area (Å²) in [6, 6.07) is 7.07. The van der Waals surface area contributed by atoms with Crippen LogP contribution in [0.5, 0.6) is 0 Å². The smallest absolute Gasteiger partial charge is 0.265 e. The van der Waals surface area contributed by atoms with Crippen molar-refractivity contribution >= 4 is 15.7 Å². The zero-order valence-electron chi connectivity index (χ0n) is 11.7. The Hall–Kier alpha value is -1.86. The van der Waals surface area contributed by atoms with Gasteiger partial charge in [-0.1, -0.05) is 18.2 Å². The Kier molecular flexibility index (Phi) is 3.82. The summed E-state index contributed by atoms with van der Waals surface area (Å²) in [5.41, 5.74) is 7.94. The first-order valence-corrected chi connectivity index (χ1v) is 7.66. The molecule has 1 aromatic heterocycles. The minimum absolute atomic E-state index is 0.215. The number of rotatable bonds is 4. The second-order valence-corrected chi connectivity index (χ2v) is 6.21. The molecule has 0 aliphatic heterocycles. The second-order valence-electron chi connectivity index (χ2n) is 4.59. The topological polar surface area (TPSA) is 90.0 Å². The average molecular weight is 294 g/mol. The van der Waals surface area contributed by atoms with E-state index in [0.29, 0.717) is 17.1 Å². The highest BCUT2D eigenvalue weighted by molar-refractivity contribution is 7.92. The van der Waals surface area contributed by atoms with Gasteiger partial charge in [-0.15, -0.1) is 0 Å². The first kappa shape index (κ1) is 14.5. The highest BCUT2D eigenvalue weighted by Crippen LogP contribution is 2.23. The standard InChI is InChI=1S/C13H18N4O2S/c1-9-13(10(2)17(3)15-9)20(18,19)16-12-7-5-4-6-11(12)8-14/h4-7,16H,8,14H2,1-3H3. The molecule has 2 aromatic rings. The third kappa shape index (κ3) is 2.54. The van der Waals surface area contributed by atoms with Gasteiger partial charge in [-0.05, 0) is 25.5 Å². The van der Waals surface area contributed by atoms with Crippen LogP contribution < -0.4 is 10.5 Å². The number of anilines is 1. The number of benzene rings is 1. The van der Waals surface area contributed by atoms with Gasteiger partial charge in [-0.3, -0.25) is 9.40 Å². The Morgan fingerprint density at radius 1 is 1.30 bits per heavy atom. The summed E-state index contributed by atoms with van der Waals surface area (Å²) in [6.45, 7) is 3.67. The molecular formula is C13H18N4O2S. The van der Waals surface area contributed by atoms with Crippen molar-refractivity contribution in [1.29, 1.82) is 0 Å². The van der Waals surface area contributed by atoms with Gasteiger partial charge >= 0.3 is 0 Å². The molecule has 3 N–H and O–H groups in total. The maximum atomic E-state index is 12.5. The molecule has 0 saturated carbocycles. The molecule has 1 aromatic carbocycles. The van der Waals surface area contributed by atoms with Gasteiger partial charge in [-0.25, -0.2) is 8.42 Å². The number of aromatic nitrogens is 2. The molecule has 20 heavy (non-hydrogen) atoms. The van der Waals surface area contributed by atoms with E-state index in [9.17, 15) is 8.42 Å². The summed E-state index contributed by atoms with van der Waals surface area (Å²) in [5.74, 6) is 0. The van der Waals surface area contributed by atoms with Crippen molar-refractivity contribution in [1.82, 2.24) is 9.78 Å². The van der Waals surface area contributed by atoms with Crippen LogP contribution in [0, 0.1) is 13.8 Å². The number of para-hydroxylation sites is 1. The molecule has 0 amide bonds. The van der Waals surface area contributed by atoms with Crippen molar-refractivity contribution in [2.75, 3.05) is 4.72 Å². The number of hydrogen-bond donors (Lipinski definition) is 2. The predicted octanol–water partition coefficient (Wildman–Crippen LogP) is 1.30. The van der Waals surface area contributed by atoms with E-state index in [1.165, 1.54) is 0 Å². The molecular weight excluding hydrogens is 276 g/mol. The molecule has 0 atom stereocenters. The molecule has 0 bridgehead atoms. The van der Waals surface area contributed by atoms with Crippen molar-refractivity contribution in [2.45, 2.75) is 25.3 Å². The molecule has 6 nitrogen and oxygen atoms in total. The Bertz CT molecular complexity index is 735. The lowest BCUT2D eigenvalue weighted by Crippen LogP contribution is -2.16. The molecule has 0 radical (unpaired) electrons. The lowest BCUT2D eigenvalue weighted by molar-refractivity contribution is 0.599. The van der Waals surface area contributed by atoms with Crippen LogP contribution in [0.25, 0.3) is 0 Å². The first-order valence-electron chi connectivity index (χ1n) is 6.18. The van der Waals surface area contributed by atoms with E-state index in [4.69, 9.17) is 5.73 Å². The Morgan fingerprint density at radius 3 is 2.50 bits per heavy atom.